The van der Waals surface area contributed by atoms with Crippen LogP contribution >= 0.6 is 0 Å². The zero-order valence-electron chi connectivity index (χ0n) is 9.53. The molecule has 78 valence electrons. The molecule has 0 aliphatic carbocycles. The molecular formula is C12H25N. The third kappa shape index (κ3) is 11.7. The Labute approximate surface area is 83.6 Å². The SMILES string of the molecule is C=C(C)CCNCCCCC(C)C. The first-order valence-electron chi connectivity index (χ1n) is 5.48. The molecule has 0 fully saturated rings. The fraction of sp³-hybridized carbons (Fsp3) is 0.833. The average Bonchev–Trinajstić information content (AvgIpc) is 2.01. The van der Waals surface area contributed by atoms with E-state index in [4.69, 9.17) is 0 Å². The highest BCUT2D eigenvalue weighted by Crippen LogP contribution is 2.05. The Morgan fingerprint density at radius 3 is 2.46 bits per heavy atom. The van der Waals surface area contributed by atoms with Gasteiger partial charge in [-0.3, -0.25) is 0 Å². The van der Waals surface area contributed by atoms with Crippen LogP contribution in [0.3, 0.4) is 0 Å². The Balaban J connectivity index is 2.96. The summed E-state index contributed by atoms with van der Waals surface area (Å²) in [6, 6.07) is 0. The third-order valence-electron chi connectivity index (χ3n) is 2.11. The summed E-state index contributed by atoms with van der Waals surface area (Å²) in [5.41, 5.74) is 1.27. The van der Waals surface area contributed by atoms with E-state index in [-0.39, 0.29) is 0 Å². The highest BCUT2D eigenvalue weighted by atomic mass is 14.8. The van der Waals surface area contributed by atoms with E-state index in [2.05, 4.69) is 32.7 Å². The van der Waals surface area contributed by atoms with Crippen LogP contribution in [-0.4, -0.2) is 13.1 Å². The van der Waals surface area contributed by atoms with Gasteiger partial charge in [0.1, 0.15) is 0 Å². The van der Waals surface area contributed by atoms with Crippen molar-refractivity contribution in [1.29, 1.82) is 0 Å². The Bertz CT molecular complexity index is 127. The molecule has 13 heavy (non-hydrogen) atoms. The summed E-state index contributed by atoms with van der Waals surface area (Å²) in [5, 5.41) is 3.43. The van der Waals surface area contributed by atoms with Gasteiger partial charge in [-0.2, -0.15) is 0 Å². The molecule has 0 aromatic heterocycles. The Hall–Kier alpha value is -0.300. The predicted molar refractivity (Wildman–Crippen MR) is 61.0 cm³/mol. The van der Waals surface area contributed by atoms with Gasteiger partial charge in [0.15, 0.2) is 0 Å². The molecule has 0 saturated heterocycles. The van der Waals surface area contributed by atoms with Crippen molar-refractivity contribution in [3.05, 3.63) is 12.2 Å². The first-order valence-corrected chi connectivity index (χ1v) is 5.48. The minimum atomic E-state index is 0.857. The summed E-state index contributed by atoms with van der Waals surface area (Å²) >= 11 is 0. The molecule has 0 aliphatic rings. The monoisotopic (exact) mass is 183 g/mol. The Kier molecular flexibility index (Phi) is 8.11. The van der Waals surface area contributed by atoms with Crippen molar-refractivity contribution in [2.24, 2.45) is 5.92 Å². The third-order valence-corrected chi connectivity index (χ3v) is 2.11. The largest absolute Gasteiger partial charge is 0.316 e. The smallest absolute Gasteiger partial charge is 0.00118 e. The van der Waals surface area contributed by atoms with Gasteiger partial charge in [-0.1, -0.05) is 32.3 Å². The lowest BCUT2D eigenvalue weighted by Crippen LogP contribution is -2.16. The summed E-state index contributed by atoms with van der Waals surface area (Å²) in [4.78, 5) is 0. The highest BCUT2D eigenvalue weighted by molar-refractivity contribution is 4.87. The minimum absolute atomic E-state index is 0.857. The summed E-state index contributed by atoms with van der Waals surface area (Å²) in [6.07, 6.45) is 5.15. The van der Waals surface area contributed by atoms with E-state index in [0.29, 0.717) is 0 Å². The number of hydrogen-bond acceptors (Lipinski definition) is 1. The molecule has 0 unspecified atom stereocenters. The molecule has 0 spiro atoms. The molecular weight excluding hydrogens is 158 g/mol. The molecule has 1 N–H and O–H groups in total. The van der Waals surface area contributed by atoms with Crippen LogP contribution in [-0.2, 0) is 0 Å². The second kappa shape index (κ2) is 8.31. The lowest BCUT2D eigenvalue weighted by atomic mass is 10.1. The number of rotatable bonds is 8. The van der Waals surface area contributed by atoms with Crippen molar-refractivity contribution in [1.82, 2.24) is 5.32 Å². The second-order valence-electron chi connectivity index (χ2n) is 4.35. The van der Waals surface area contributed by atoms with Crippen molar-refractivity contribution in [2.75, 3.05) is 13.1 Å². The molecule has 0 amide bonds. The first kappa shape index (κ1) is 12.7. The molecule has 0 aliphatic heterocycles. The van der Waals surface area contributed by atoms with E-state index >= 15 is 0 Å². The van der Waals surface area contributed by atoms with Gasteiger partial charge in [-0.05, 0) is 38.8 Å². The van der Waals surface area contributed by atoms with E-state index in [1.165, 1.54) is 31.4 Å². The lowest BCUT2D eigenvalue weighted by molar-refractivity contribution is 0.521. The molecule has 0 saturated carbocycles. The quantitative estimate of drug-likeness (QED) is 0.449. The van der Waals surface area contributed by atoms with Crippen molar-refractivity contribution < 1.29 is 0 Å². The summed E-state index contributed by atoms with van der Waals surface area (Å²) in [6.45, 7) is 12.8. The maximum absolute atomic E-state index is 3.87. The molecule has 0 radical (unpaired) electrons. The van der Waals surface area contributed by atoms with Crippen LogP contribution in [0.25, 0.3) is 0 Å². The summed E-state index contributed by atoms with van der Waals surface area (Å²) in [7, 11) is 0. The van der Waals surface area contributed by atoms with Crippen LogP contribution in [0, 0.1) is 5.92 Å². The molecule has 0 heterocycles. The topological polar surface area (TPSA) is 12.0 Å². The first-order chi connectivity index (χ1) is 6.13. The van der Waals surface area contributed by atoms with Crippen LogP contribution in [0.15, 0.2) is 12.2 Å². The van der Waals surface area contributed by atoms with Crippen molar-refractivity contribution in [2.45, 2.75) is 46.5 Å². The minimum Gasteiger partial charge on any atom is -0.316 e. The van der Waals surface area contributed by atoms with Gasteiger partial charge in [0.2, 0.25) is 0 Å². The van der Waals surface area contributed by atoms with E-state index < -0.39 is 0 Å². The lowest BCUT2D eigenvalue weighted by Gasteiger charge is -2.05. The van der Waals surface area contributed by atoms with Gasteiger partial charge in [0.05, 0.1) is 0 Å². The van der Waals surface area contributed by atoms with Crippen LogP contribution in [0.5, 0.6) is 0 Å². The highest BCUT2D eigenvalue weighted by Gasteiger charge is 1.93. The zero-order valence-corrected chi connectivity index (χ0v) is 9.53. The van der Waals surface area contributed by atoms with E-state index in [1.807, 2.05) is 0 Å². The number of unbranched alkanes of at least 4 members (excludes halogenated alkanes) is 1. The van der Waals surface area contributed by atoms with Gasteiger partial charge in [0.25, 0.3) is 0 Å². The molecule has 1 heteroatoms. The van der Waals surface area contributed by atoms with Gasteiger partial charge in [0, 0.05) is 0 Å². The van der Waals surface area contributed by atoms with Gasteiger partial charge < -0.3 is 5.32 Å². The fourth-order valence-corrected chi connectivity index (χ4v) is 1.23. The Morgan fingerprint density at radius 1 is 1.23 bits per heavy atom. The molecule has 0 bridgehead atoms. The second-order valence-corrected chi connectivity index (χ2v) is 4.35. The van der Waals surface area contributed by atoms with Gasteiger partial charge >= 0.3 is 0 Å². The molecule has 1 nitrogen and oxygen atoms in total. The van der Waals surface area contributed by atoms with E-state index in [1.54, 1.807) is 0 Å². The molecule has 0 aromatic rings. The molecule has 0 rings (SSSR count). The zero-order chi connectivity index (χ0) is 10.1. The normalized spacial score (nSPS) is 10.8. The van der Waals surface area contributed by atoms with Crippen molar-refractivity contribution in [3.63, 3.8) is 0 Å². The summed E-state index contributed by atoms with van der Waals surface area (Å²) < 4.78 is 0. The van der Waals surface area contributed by atoms with Crippen LogP contribution in [0.4, 0.5) is 0 Å². The number of hydrogen-bond donors (Lipinski definition) is 1. The standard InChI is InChI=1S/C12H25N/c1-11(2)7-5-6-9-13-10-8-12(3)4/h11,13H,3,5-10H2,1-2,4H3. The van der Waals surface area contributed by atoms with E-state index in [9.17, 15) is 0 Å². The van der Waals surface area contributed by atoms with Crippen LogP contribution in [0.2, 0.25) is 0 Å². The fourth-order valence-electron chi connectivity index (χ4n) is 1.23. The maximum atomic E-state index is 3.87. The predicted octanol–water partition coefficient (Wildman–Crippen LogP) is 3.37. The van der Waals surface area contributed by atoms with Crippen LogP contribution < -0.4 is 5.32 Å². The van der Waals surface area contributed by atoms with Gasteiger partial charge in [-0.25, -0.2) is 0 Å². The van der Waals surface area contributed by atoms with Crippen molar-refractivity contribution in [3.8, 4) is 0 Å². The van der Waals surface area contributed by atoms with Crippen LogP contribution in [0.1, 0.15) is 46.5 Å². The number of nitrogens with one attached hydrogen (secondary N) is 1. The molecule has 0 atom stereocenters. The maximum Gasteiger partial charge on any atom is -0.00118 e. The summed E-state index contributed by atoms with van der Waals surface area (Å²) in [5.74, 6) is 0.857. The molecule has 0 aromatic carbocycles. The van der Waals surface area contributed by atoms with Gasteiger partial charge in [-0.15, -0.1) is 6.58 Å². The van der Waals surface area contributed by atoms with E-state index in [0.717, 1.165) is 18.9 Å². The average molecular weight is 183 g/mol. The van der Waals surface area contributed by atoms with Crippen molar-refractivity contribution >= 4 is 0 Å². The Morgan fingerprint density at radius 2 is 1.92 bits per heavy atom.